The molecule has 1 N–H and O–H groups in total. The molecule has 0 aromatic heterocycles. The van der Waals surface area contributed by atoms with E-state index in [0.29, 0.717) is 5.75 Å². The summed E-state index contributed by atoms with van der Waals surface area (Å²) in [6, 6.07) is 5.04. The predicted octanol–water partition coefficient (Wildman–Crippen LogP) is 1.47. The maximum atomic E-state index is 9.15. The van der Waals surface area contributed by atoms with Crippen LogP contribution in [0.1, 0.15) is 0 Å². The van der Waals surface area contributed by atoms with Gasteiger partial charge in [-0.1, -0.05) is 0 Å². The molecule has 0 bridgehead atoms. The highest BCUT2D eigenvalue weighted by Gasteiger charge is 2.04. The monoisotopic (exact) mass is 167 g/mol. The van der Waals surface area contributed by atoms with E-state index in [2.05, 4.69) is 0 Å². The molecule has 0 unspecified atom stereocenters. The van der Waals surface area contributed by atoms with Crippen molar-refractivity contribution in [1.29, 1.82) is 0 Å². The summed E-state index contributed by atoms with van der Waals surface area (Å²) < 4.78 is 5.09. The van der Waals surface area contributed by atoms with Crippen molar-refractivity contribution in [2.24, 2.45) is 0 Å². The van der Waals surface area contributed by atoms with Crippen molar-refractivity contribution in [3.05, 3.63) is 18.2 Å². The molecule has 0 atom stereocenters. The van der Waals surface area contributed by atoms with E-state index in [1.807, 2.05) is 25.1 Å². The number of ether oxygens (including phenoxy) is 1. The van der Waals surface area contributed by atoms with Gasteiger partial charge in [0.1, 0.15) is 11.5 Å². The molecule has 66 valence electrons. The van der Waals surface area contributed by atoms with Gasteiger partial charge in [0.2, 0.25) is 0 Å². The molecule has 0 aliphatic heterocycles. The van der Waals surface area contributed by atoms with E-state index < -0.39 is 0 Å². The molecule has 3 heteroatoms. The standard InChI is InChI=1S/C9H13NO2/c1-10(2)8-5-4-7(11)6-9(8)12-3/h4-6,11H,1-3H3. The highest BCUT2D eigenvalue weighted by atomic mass is 16.5. The normalized spacial score (nSPS) is 9.58. The zero-order valence-electron chi connectivity index (χ0n) is 7.53. The van der Waals surface area contributed by atoms with Gasteiger partial charge in [-0.3, -0.25) is 0 Å². The van der Waals surface area contributed by atoms with E-state index in [-0.39, 0.29) is 5.75 Å². The number of rotatable bonds is 2. The van der Waals surface area contributed by atoms with E-state index in [4.69, 9.17) is 9.84 Å². The van der Waals surface area contributed by atoms with E-state index in [1.54, 1.807) is 19.2 Å². The highest BCUT2D eigenvalue weighted by molar-refractivity contribution is 5.59. The Kier molecular flexibility index (Phi) is 2.43. The van der Waals surface area contributed by atoms with Crippen LogP contribution in [-0.4, -0.2) is 26.3 Å². The Labute approximate surface area is 72.2 Å². The van der Waals surface area contributed by atoms with Gasteiger partial charge >= 0.3 is 0 Å². The second-order valence-electron chi connectivity index (χ2n) is 2.75. The van der Waals surface area contributed by atoms with Crippen molar-refractivity contribution in [3.63, 3.8) is 0 Å². The van der Waals surface area contributed by atoms with Crippen molar-refractivity contribution in [2.75, 3.05) is 26.1 Å². The smallest absolute Gasteiger partial charge is 0.145 e. The Hall–Kier alpha value is -1.38. The number of phenolic OH excluding ortho intramolecular Hbond substituents is 1. The molecule has 0 fully saturated rings. The molecule has 0 radical (unpaired) electrons. The van der Waals surface area contributed by atoms with Crippen LogP contribution >= 0.6 is 0 Å². The van der Waals surface area contributed by atoms with Gasteiger partial charge in [0.25, 0.3) is 0 Å². The van der Waals surface area contributed by atoms with Gasteiger partial charge in [0.15, 0.2) is 0 Å². The second kappa shape index (κ2) is 3.34. The summed E-state index contributed by atoms with van der Waals surface area (Å²) in [7, 11) is 5.44. The third-order valence-electron chi connectivity index (χ3n) is 1.65. The Morgan fingerprint density at radius 1 is 1.33 bits per heavy atom. The van der Waals surface area contributed by atoms with Crippen LogP contribution in [0.4, 0.5) is 5.69 Å². The van der Waals surface area contributed by atoms with Gasteiger partial charge in [-0.25, -0.2) is 0 Å². The lowest BCUT2D eigenvalue weighted by molar-refractivity contribution is 0.408. The summed E-state index contributed by atoms with van der Waals surface area (Å²) in [5, 5.41) is 9.15. The molecule has 1 aromatic rings. The fourth-order valence-corrected chi connectivity index (χ4v) is 1.04. The van der Waals surface area contributed by atoms with Crippen LogP contribution in [0.3, 0.4) is 0 Å². The Morgan fingerprint density at radius 3 is 2.50 bits per heavy atom. The summed E-state index contributed by atoms with van der Waals surface area (Å²) in [5.74, 6) is 0.900. The lowest BCUT2D eigenvalue weighted by Gasteiger charge is -2.16. The Bertz CT molecular complexity index is 271. The molecule has 3 nitrogen and oxygen atoms in total. The molecule has 1 aromatic carbocycles. The average Bonchev–Trinajstić information content (AvgIpc) is 2.03. The molecule has 0 saturated heterocycles. The van der Waals surface area contributed by atoms with Crippen molar-refractivity contribution < 1.29 is 9.84 Å². The largest absolute Gasteiger partial charge is 0.508 e. The lowest BCUT2D eigenvalue weighted by Crippen LogP contribution is -2.09. The van der Waals surface area contributed by atoms with Crippen LogP contribution in [0.2, 0.25) is 0 Å². The number of hydrogen-bond acceptors (Lipinski definition) is 3. The predicted molar refractivity (Wildman–Crippen MR) is 49.0 cm³/mol. The van der Waals surface area contributed by atoms with Gasteiger partial charge in [-0.2, -0.15) is 0 Å². The molecule has 0 aliphatic rings. The number of anilines is 1. The van der Waals surface area contributed by atoms with Crippen LogP contribution in [-0.2, 0) is 0 Å². The number of hydrogen-bond donors (Lipinski definition) is 1. The molecule has 0 aliphatic carbocycles. The minimum atomic E-state index is 0.220. The zero-order valence-corrected chi connectivity index (χ0v) is 7.53. The van der Waals surface area contributed by atoms with Gasteiger partial charge in [0.05, 0.1) is 12.8 Å². The van der Waals surface area contributed by atoms with Crippen LogP contribution in [0, 0.1) is 0 Å². The number of aromatic hydroxyl groups is 1. The molecule has 12 heavy (non-hydrogen) atoms. The summed E-state index contributed by atoms with van der Waals surface area (Å²) in [6.45, 7) is 0. The first-order chi connectivity index (χ1) is 5.65. The zero-order chi connectivity index (χ0) is 9.14. The first kappa shape index (κ1) is 8.71. The maximum absolute atomic E-state index is 9.15. The van der Waals surface area contributed by atoms with Crippen molar-refractivity contribution in [1.82, 2.24) is 0 Å². The molecular weight excluding hydrogens is 154 g/mol. The number of phenols is 1. The van der Waals surface area contributed by atoms with Crippen LogP contribution in [0.15, 0.2) is 18.2 Å². The van der Waals surface area contributed by atoms with Gasteiger partial charge in [-0.05, 0) is 12.1 Å². The molecule has 0 amide bonds. The number of benzene rings is 1. The third-order valence-corrected chi connectivity index (χ3v) is 1.65. The van der Waals surface area contributed by atoms with E-state index in [1.165, 1.54) is 0 Å². The maximum Gasteiger partial charge on any atom is 0.145 e. The van der Waals surface area contributed by atoms with Gasteiger partial charge in [-0.15, -0.1) is 0 Å². The second-order valence-corrected chi connectivity index (χ2v) is 2.75. The van der Waals surface area contributed by atoms with E-state index in [0.717, 1.165) is 5.69 Å². The molecular formula is C9H13NO2. The summed E-state index contributed by atoms with van der Waals surface area (Å²) in [4.78, 5) is 1.93. The van der Waals surface area contributed by atoms with Crippen molar-refractivity contribution in [3.8, 4) is 11.5 Å². The highest BCUT2D eigenvalue weighted by Crippen LogP contribution is 2.29. The number of methoxy groups -OCH3 is 1. The van der Waals surface area contributed by atoms with Crippen LogP contribution in [0.5, 0.6) is 11.5 Å². The minimum Gasteiger partial charge on any atom is -0.508 e. The van der Waals surface area contributed by atoms with Gasteiger partial charge in [0, 0.05) is 20.2 Å². The van der Waals surface area contributed by atoms with Crippen LogP contribution in [0.25, 0.3) is 0 Å². The summed E-state index contributed by atoms with van der Waals surface area (Å²) in [5.41, 5.74) is 0.954. The average molecular weight is 167 g/mol. The summed E-state index contributed by atoms with van der Waals surface area (Å²) >= 11 is 0. The fourth-order valence-electron chi connectivity index (χ4n) is 1.04. The quantitative estimate of drug-likeness (QED) is 0.724. The van der Waals surface area contributed by atoms with Gasteiger partial charge < -0.3 is 14.7 Å². The van der Waals surface area contributed by atoms with Crippen molar-refractivity contribution in [2.45, 2.75) is 0 Å². The molecule has 1 rings (SSSR count). The third kappa shape index (κ3) is 1.61. The Balaban J connectivity index is 3.11. The topological polar surface area (TPSA) is 32.7 Å². The molecule has 0 saturated carbocycles. The van der Waals surface area contributed by atoms with E-state index in [9.17, 15) is 0 Å². The molecule has 0 heterocycles. The fraction of sp³-hybridized carbons (Fsp3) is 0.333. The van der Waals surface area contributed by atoms with Crippen molar-refractivity contribution >= 4 is 5.69 Å². The first-order valence-electron chi connectivity index (χ1n) is 3.69. The van der Waals surface area contributed by atoms with E-state index >= 15 is 0 Å². The SMILES string of the molecule is COc1cc(O)ccc1N(C)C. The Morgan fingerprint density at radius 2 is 2.00 bits per heavy atom. The minimum absolute atomic E-state index is 0.220. The lowest BCUT2D eigenvalue weighted by atomic mass is 10.2. The number of nitrogens with zero attached hydrogens (tertiary/aromatic N) is 1. The molecule has 0 spiro atoms. The van der Waals surface area contributed by atoms with Crippen LogP contribution < -0.4 is 9.64 Å². The first-order valence-corrected chi connectivity index (χ1v) is 3.69. The summed E-state index contributed by atoms with van der Waals surface area (Å²) in [6.07, 6.45) is 0.